The van der Waals surface area contributed by atoms with E-state index in [1.165, 1.54) is 10.3 Å². The summed E-state index contributed by atoms with van der Waals surface area (Å²) in [5.74, 6) is 0.575. The van der Waals surface area contributed by atoms with Gasteiger partial charge in [0.2, 0.25) is 0 Å². The van der Waals surface area contributed by atoms with Crippen molar-refractivity contribution in [1.29, 1.82) is 0 Å². The first kappa shape index (κ1) is 19.2. The topological polar surface area (TPSA) is 51.2 Å². The number of fused-ring (bicyclic) bond motifs is 1. The lowest BCUT2D eigenvalue weighted by molar-refractivity contribution is -0.118. The van der Waals surface area contributed by atoms with Crippen LogP contribution in [0.5, 0.6) is 5.75 Å². The van der Waals surface area contributed by atoms with Crippen molar-refractivity contribution in [3.05, 3.63) is 77.9 Å². The van der Waals surface area contributed by atoms with Gasteiger partial charge in [-0.05, 0) is 66.9 Å². The Bertz CT molecular complexity index is 1150. The van der Waals surface area contributed by atoms with Crippen LogP contribution in [0.3, 0.4) is 0 Å². The summed E-state index contributed by atoms with van der Waals surface area (Å²) in [7, 11) is 0. The quantitative estimate of drug-likeness (QED) is 0.440. The Hall–Kier alpha value is -3.18. The van der Waals surface area contributed by atoms with Gasteiger partial charge in [0.1, 0.15) is 10.8 Å². The number of amides is 1. The Labute approximate surface area is 174 Å². The molecule has 1 heterocycles. The summed E-state index contributed by atoms with van der Waals surface area (Å²) in [5, 5.41) is 3.86. The standard InChI is InChI=1S/C24H22N2O2S/c1-3-17-6-4-5-7-21(17)28-15-23(27)25-19-11-9-18(10-12-19)24-26-20-13-8-16(2)14-22(20)29-24/h4-14H,3,15H2,1-2H3,(H,25,27). The van der Waals surface area contributed by atoms with Gasteiger partial charge in [0, 0.05) is 11.3 Å². The van der Waals surface area contributed by atoms with E-state index in [0.717, 1.165) is 39.5 Å². The van der Waals surface area contributed by atoms with Crippen LogP contribution in [0.25, 0.3) is 20.8 Å². The summed E-state index contributed by atoms with van der Waals surface area (Å²) < 4.78 is 6.86. The number of rotatable bonds is 6. The Balaban J connectivity index is 1.40. The molecule has 3 aromatic carbocycles. The van der Waals surface area contributed by atoms with Gasteiger partial charge in [0.05, 0.1) is 10.2 Å². The number of aromatic nitrogens is 1. The van der Waals surface area contributed by atoms with E-state index in [4.69, 9.17) is 9.72 Å². The van der Waals surface area contributed by atoms with Crippen LogP contribution in [0, 0.1) is 6.92 Å². The normalized spacial score (nSPS) is 10.8. The van der Waals surface area contributed by atoms with Crippen molar-refractivity contribution in [2.24, 2.45) is 0 Å². The smallest absolute Gasteiger partial charge is 0.262 e. The second kappa shape index (κ2) is 8.45. The van der Waals surface area contributed by atoms with E-state index in [1.807, 2.05) is 48.5 Å². The third-order valence-electron chi connectivity index (χ3n) is 4.67. The monoisotopic (exact) mass is 402 g/mol. The van der Waals surface area contributed by atoms with E-state index in [1.54, 1.807) is 11.3 Å². The minimum atomic E-state index is -0.181. The van der Waals surface area contributed by atoms with Gasteiger partial charge in [0.25, 0.3) is 5.91 Å². The summed E-state index contributed by atoms with van der Waals surface area (Å²) in [6.07, 6.45) is 0.866. The van der Waals surface area contributed by atoms with Crippen molar-refractivity contribution in [3.63, 3.8) is 0 Å². The molecule has 0 atom stereocenters. The van der Waals surface area contributed by atoms with Crippen LogP contribution in [0.2, 0.25) is 0 Å². The Morgan fingerprint density at radius 1 is 1.07 bits per heavy atom. The number of aryl methyl sites for hydroxylation is 2. The third kappa shape index (κ3) is 4.46. The van der Waals surface area contributed by atoms with E-state index < -0.39 is 0 Å². The molecule has 146 valence electrons. The van der Waals surface area contributed by atoms with Crippen LogP contribution in [-0.4, -0.2) is 17.5 Å². The maximum absolute atomic E-state index is 12.2. The van der Waals surface area contributed by atoms with Crippen molar-refractivity contribution >= 4 is 33.1 Å². The zero-order valence-electron chi connectivity index (χ0n) is 16.4. The highest BCUT2D eigenvalue weighted by Gasteiger charge is 2.09. The lowest BCUT2D eigenvalue weighted by Crippen LogP contribution is -2.20. The van der Waals surface area contributed by atoms with Crippen LogP contribution in [0.15, 0.2) is 66.7 Å². The Morgan fingerprint density at radius 3 is 2.66 bits per heavy atom. The highest BCUT2D eigenvalue weighted by molar-refractivity contribution is 7.21. The number of hydrogen-bond acceptors (Lipinski definition) is 4. The van der Waals surface area contributed by atoms with Gasteiger partial charge in [-0.15, -0.1) is 11.3 Å². The van der Waals surface area contributed by atoms with E-state index in [-0.39, 0.29) is 12.5 Å². The molecule has 4 aromatic rings. The van der Waals surface area contributed by atoms with Gasteiger partial charge >= 0.3 is 0 Å². The average Bonchev–Trinajstić information content (AvgIpc) is 3.16. The molecule has 1 aromatic heterocycles. The van der Waals surface area contributed by atoms with E-state index in [2.05, 4.69) is 37.4 Å². The molecule has 0 fully saturated rings. The van der Waals surface area contributed by atoms with Crippen LogP contribution in [-0.2, 0) is 11.2 Å². The molecule has 0 unspecified atom stereocenters. The number of carbonyl (C=O) groups is 1. The number of nitrogens with one attached hydrogen (secondary N) is 1. The number of ether oxygens (including phenoxy) is 1. The van der Waals surface area contributed by atoms with E-state index in [9.17, 15) is 4.79 Å². The molecule has 0 bridgehead atoms. The number of nitrogens with zero attached hydrogens (tertiary/aromatic N) is 1. The van der Waals surface area contributed by atoms with Crippen molar-refractivity contribution < 1.29 is 9.53 Å². The molecule has 5 heteroatoms. The molecule has 0 aliphatic carbocycles. The fraction of sp³-hybridized carbons (Fsp3) is 0.167. The molecule has 0 aliphatic heterocycles. The summed E-state index contributed by atoms with van der Waals surface area (Å²) in [6, 6.07) is 21.8. The van der Waals surface area contributed by atoms with E-state index >= 15 is 0 Å². The van der Waals surface area contributed by atoms with Crippen LogP contribution < -0.4 is 10.1 Å². The summed E-state index contributed by atoms with van der Waals surface area (Å²) in [6.45, 7) is 4.13. The van der Waals surface area contributed by atoms with Crippen molar-refractivity contribution in [2.75, 3.05) is 11.9 Å². The Kier molecular flexibility index (Phi) is 5.58. The second-order valence-corrected chi connectivity index (χ2v) is 7.90. The fourth-order valence-corrected chi connectivity index (χ4v) is 4.20. The average molecular weight is 403 g/mol. The summed E-state index contributed by atoms with van der Waals surface area (Å²) in [4.78, 5) is 16.9. The predicted molar refractivity (Wildman–Crippen MR) is 120 cm³/mol. The van der Waals surface area contributed by atoms with Gasteiger partial charge in [-0.25, -0.2) is 4.98 Å². The lowest BCUT2D eigenvalue weighted by Gasteiger charge is -2.10. The number of benzene rings is 3. The number of thiazole rings is 1. The first-order valence-corrected chi connectivity index (χ1v) is 10.4. The molecule has 1 N–H and O–H groups in total. The Morgan fingerprint density at radius 2 is 1.86 bits per heavy atom. The fourth-order valence-electron chi connectivity index (χ4n) is 3.13. The van der Waals surface area contributed by atoms with Gasteiger partial charge in [-0.2, -0.15) is 0 Å². The molecule has 0 saturated carbocycles. The minimum absolute atomic E-state index is 0.0179. The van der Waals surface area contributed by atoms with Crippen molar-refractivity contribution in [3.8, 4) is 16.3 Å². The van der Waals surface area contributed by atoms with Crippen LogP contribution in [0.4, 0.5) is 5.69 Å². The molecule has 4 nitrogen and oxygen atoms in total. The molecule has 1 amide bonds. The molecule has 29 heavy (non-hydrogen) atoms. The van der Waals surface area contributed by atoms with Crippen LogP contribution in [0.1, 0.15) is 18.1 Å². The maximum Gasteiger partial charge on any atom is 0.262 e. The first-order chi connectivity index (χ1) is 14.1. The van der Waals surface area contributed by atoms with Gasteiger partial charge in [-0.3, -0.25) is 4.79 Å². The van der Waals surface area contributed by atoms with Crippen LogP contribution >= 0.6 is 11.3 Å². The molecule has 0 radical (unpaired) electrons. The number of carbonyl (C=O) groups excluding carboxylic acids is 1. The highest BCUT2D eigenvalue weighted by atomic mass is 32.1. The molecule has 4 rings (SSSR count). The lowest BCUT2D eigenvalue weighted by atomic mass is 10.1. The summed E-state index contributed by atoms with van der Waals surface area (Å²) >= 11 is 1.68. The zero-order chi connectivity index (χ0) is 20.2. The summed E-state index contributed by atoms with van der Waals surface area (Å²) in [5.41, 5.74) is 5.11. The molecule has 0 saturated heterocycles. The maximum atomic E-state index is 12.2. The number of hydrogen-bond donors (Lipinski definition) is 1. The minimum Gasteiger partial charge on any atom is -0.483 e. The zero-order valence-corrected chi connectivity index (χ0v) is 17.3. The highest BCUT2D eigenvalue weighted by Crippen LogP contribution is 2.31. The van der Waals surface area contributed by atoms with E-state index in [0.29, 0.717) is 0 Å². The van der Waals surface area contributed by atoms with Gasteiger partial charge in [0.15, 0.2) is 6.61 Å². The second-order valence-electron chi connectivity index (χ2n) is 6.87. The molecular formula is C24H22N2O2S. The SMILES string of the molecule is CCc1ccccc1OCC(=O)Nc1ccc(-c2nc3ccc(C)cc3s2)cc1. The van der Waals surface area contributed by atoms with Crippen molar-refractivity contribution in [1.82, 2.24) is 4.98 Å². The van der Waals surface area contributed by atoms with Gasteiger partial charge in [-0.1, -0.05) is 31.2 Å². The molecule has 0 aliphatic rings. The number of anilines is 1. The van der Waals surface area contributed by atoms with Gasteiger partial charge < -0.3 is 10.1 Å². The first-order valence-electron chi connectivity index (χ1n) is 9.60. The molecule has 0 spiro atoms. The number of para-hydroxylation sites is 1. The van der Waals surface area contributed by atoms with Crippen molar-refractivity contribution in [2.45, 2.75) is 20.3 Å². The largest absolute Gasteiger partial charge is 0.483 e. The third-order valence-corrected chi connectivity index (χ3v) is 5.74. The molecular weight excluding hydrogens is 380 g/mol. The predicted octanol–water partition coefficient (Wildman–Crippen LogP) is 5.85.